The second-order valence-electron chi connectivity index (χ2n) is 11.9. The van der Waals surface area contributed by atoms with E-state index in [4.69, 9.17) is 5.73 Å². The number of aryl methyl sites for hydroxylation is 2. The van der Waals surface area contributed by atoms with Crippen LogP contribution in [0, 0.1) is 19.7 Å². The van der Waals surface area contributed by atoms with Crippen LogP contribution in [0.5, 0.6) is 5.75 Å². The van der Waals surface area contributed by atoms with E-state index in [0.717, 1.165) is 6.07 Å². The van der Waals surface area contributed by atoms with Gasteiger partial charge < -0.3 is 25.8 Å². The second-order valence-corrected chi connectivity index (χ2v) is 14.0. The molecule has 2 saturated heterocycles. The number of nitrogens with zero attached hydrogens (tertiary/aromatic N) is 2. The molecule has 2 aliphatic rings. The van der Waals surface area contributed by atoms with Gasteiger partial charge in [-0.1, -0.05) is 0 Å². The fourth-order valence-corrected chi connectivity index (χ4v) is 7.18. The van der Waals surface area contributed by atoms with Crippen molar-refractivity contribution in [2.75, 3.05) is 26.2 Å². The summed E-state index contributed by atoms with van der Waals surface area (Å²) in [4.78, 5) is 39.8. The van der Waals surface area contributed by atoms with Crippen molar-refractivity contribution in [3.8, 4) is 5.75 Å². The fourth-order valence-electron chi connectivity index (χ4n) is 5.81. The Kier molecular flexibility index (Phi) is 10.4. The molecule has 0 saturated carbocycles. The number of rotatable bonds is 9. The number of ether oxygens (including phenoxy) is 1. The molecule has 0 aromatic heterocycles. The van der Waals surface area contributed by atoms with Crippen LogP contribution in [0.2, 0.25) is 0 Å². The third-order valence-corrected chi connectivity index (χ3v) is 10.6. The minimum absolute atomic E-state index is 0.0121. The van der Waals surface area contributed by atoms with Crippen LogP contribution in [0.25, 0.3) is 0 Å². The van der Waals surface area contributed by atoms with Crippen molar-refractivity contribution in [2.45, 2.75) is 69.2 Å². The number of benzene rings is 2. The van der Waals surface area contributed by atoms with Crippen molar-refractivity contribution in [1.29, 1.82) is 0 Å². The molecule has 0 spiro atoms. The summed E-state index contributed by atoms with van der Waals surface area (Å²) in [6, 6.07) is 4.59. The molecular weight excluding hydrogens is 674 g/mol. The van der Waals surface area contributed by atoms with Crippen LogP contribution in [0.3, 0.4) is 0 Å². The lowest BCUT2D eigenvalue weighted by Crippen LogP contribution is -2.63. The van der Waals surface area contributed by atoms with E-state index in [-0.39, 0.29) is 28.2 Å². The summed E-state index contributed by atoms with van der Waals surface area (Å²) in [7, 11) is -5.35. The molecule has 4 rings (SSSR count). The Hall–Kier alpha value is -3.90. The molecule has 11 nitrogen and oxygen atoms in total. The zero-order valence-corrected chi connectivity index (χ0v) is 26.7. The quantitative estimate of drug-likeness (QED) is 0.338. The second kappa shape index (κ2) is 13.5. The highest BCUT2D eigenvalue weighted by Crippen LogP contribution is 2.36. The topological polar surface area (TPSA) is 159 Å². The Morgan fingerprint density at radius 2 is 1.54 bits per heavy atom. The number of alkyl halides is 5. The third kappa shape index (κ3) is 7.86. The van der Waals surface area contributed by atoms with Crippen LogP contribution in [0.1, 0.15) is 63.1 Å². The van der Waals surface area contributed by atoms with Gasteiger partial charge in [-0.05, 0) is 86.6 Å². The number of hydrogen-bond acceptors (Lipinski definition) is 7. The third-order valence-electron chi connectivity index (χ3n) is 8.61. The Bertz CT molecular complexity index is 1660. The Labute approximate surface area is 272 Å². The van der Waals surface area contributed by atoms with Crippen LogP contribution in [0.4, 0.5) is 26.3 Å². The minimum atomic E-state index is -5.35. The largest absolute Gasteiger partial charge is 0.573 e. The number of halogens is 6. The summed E-state index contributed by atoms with van der Waals surface area (Å²) in [5.74, 6) is -5.42. The van der Waals surface area contributed by atoms with Crippen LogP contribution < -0.4 is 15.8 Å². The van der Waals surface area contributed by atoms with Gasteiger partial charge in [-0.3, -0.25) is 14.4 Å². The van der Waals surface area contributed by atoms with Crippen molar-refractivity contribution in [2.24, 2.45) is 5.73 Å². The molecule has 2 aromatic rings. The van der Waals surface area contributed by atoms with E-state index in [1.165, 1.54) is 26.0 Å². The van der Waals surface area contributed by atoms with Crippen molar-refractivity contribution in [3.05, 3.63) is 64.0 Å². The number of hydrogen-bond donors (Lipinski definition) is 3. The van der Waals surface area contributed by atoms with Gasteiger partial charge >= 0.3 is 11.6 Å². The van der Waals surface area contributed by atoms with E-state index in [2.05, 4.69) is 10.1 Å². The number of carbonyl (C=O) groups is 3. The van der Waals surface area contributed by atoms with Gasteiger partial charge in [-0.2, -0.15) is 13.1 Å². The monoisotopic (exact) mass is 708 g/mol. The summed E-state index contributed by atoms with van der Waals surface area (Å²) in [5.41, 5.74) is 3.75. The maximum atomic E-state index is 15.6. The highest BCUT2D eigenvalue weighted by atomic mass is 32.2. The van der Waals surface area contributed by atoms with Crippen molar-refractivity contribution >= 4 is 27.7 Å². The molecule has 2 fully saturated rings. The predicted octanol–water partition coefficient (Wildman–Crippen LogP) is 3.15. The van der Waals surface area contributed by atoms with Gasteiger partial charge in [0.15, 0.2) is 11.6 Å². The van der Waals surface area contributed by atoms with E-state index in [9.17, 15) is 45.5 Å². The smallest absolute Gasteiger partial charge is 0.403 e. The molecule has 0 radical (unpaired) electrons. The normalized spacial score (nSPS) is 18.0. The zero-order valence-electron chi connectivity index (χ0n) is 25.9. The number of sulfonamides is 1. The molecule has 0 unspecified atom stereocenters. The highest BCUT2D eigenvalue weighted by Gasteiger charge is 2.52. The number of aliphatic hydroxyl groups is 1. The van der Waals surface area contributed by atoms with Gasteiger partial charge in [-0.25, -0.2) is 12.8 Å². The number of nitrogens with two attached hydrogens (primary N) is 1. The number of aliphatic hydroxyl groups excluding tert-OH is 1. The van der Waals surface area contributed by atoms with Crippen molar-refractivity contribution < 1.29 is 59.0 Å². The lowest BCUT2D eigenvalue weighted by molar-refractivity contribution is -0.275. The van der Waals surface area contributed by atoms with E-state index in [1.54, 1.807) is 4.90 Å². The molecule has 3 amide bonds. The number of nitrogens with one attached hydrogen (secondary N) is 1. The first-order chi connectivity index (χ1) is 22.2. The number of piperidine rings is 2. The molecule has 48 heavy (non-hydrogen) atoms. The van der Waals surface area contributed by atoms with Crippen molar-refractivity contribution in [3.63, 3.8) is 0 Å². The van der Waals surface area contributed by atoms with Gasteiger partial charge in [0.2, 0.25) is 5.91 Å². The molecule has 2 aromatic carbocycles. The molecule has 264 valence electrons. The Morgan fingerprint density at radius 1 is 0.979 bits per heavy atom. The van der Waals surface area contributed by atoms with E-state index in [1.807, 2.05) is 0 Å². The summed E-state index contributed by atoms with van der Waals surface area (Å²) >= 11 is 0. The number of primary amides is 1. The first-order valence-corrected chi connectivity index (χ1v) is 16.2. The maximum absolute atomic E-state index is 15.6. The lowest BCUT2D eigenvalue weighted by Gasteiger charge is -2.40. The fraction of sp³-hybridized carbons (Fsp3) is 0.500. The van der Waals surface area contributed by atoms with E-state index in [0.29, 0.717) is 42.4 Å². The summed E-state index contributed by atoms with van der Waals surface area (Å²) in [6.07, 6.45) is -7.30. The Balaban J connectivity index is 1.47. The Morgan fingerprint density at radius 3 is 2.06 bits per heavy atom. The molecule has 0 aliphatic carbocycles. The van der Waals surface area contributed by atoms with Crippen molar-refractivity contribution in [1.82, 2.24) is 14.5 Å². The first-order valence-electron chi connectivity index (χ1n) is 14.8. The average Bonchev–Trinajstić information content (AvgIpc) is 2.99. The summed E-state index contributed by atoms with van der Waals surface area (Å²) in [6.45, 7) is 2.26. The van der Waals surface area contributed by atoms with E-state index < -0.39 is 94.6 Å². The van der Waals surface area contributed by atoms with Gasteiger partial charge in [0.25, 0.3) is 21.8 Å². The molecule has 0 atom stereocenters. The molecule has 4 N–H and O–H groups in total. The zero-order chi connectivity index (χ0) is 35.8. The number of amides is 3. The van der Waals surface area contributed by atoms with Crippen LogP contribution in [0.15, 0.2) is 30.3 Å². The van der Waals surface area contributed by atoms with Gasteiger partial charge in [-0.15, -0.1) is 13.2 Å². The highest BCUT2D eigenvalue weighted by molar-refractivity contribution is 7.90. The molecule has 2 heterocycles. The molecule has 18 heteroatoms. The minimum Gasteiger partial charge on any atom is -0.403 e. The first kappa shape index (κ1) is 36.9. The lowest BCUT2D eigenvalue weighted by atomic mass is 9.87. The van der Waals surface area contributed by atoms with E-state index >= 15 is 8.78 Å². The van der Waals surface area contributed by atoms with Gasteiger partial charge in [0.05, 0.1) is 12.5 Å². The molecule has 2 aliphatic heterocycles. The SMILES string of the molecule is Cc1cc(C(=O)N2CCC(O)CC2)cc(C)c1CC(F)(F)S(=O)(=O)N1CCC(NC(=O)c2ccc(F)c(OC(F)(F)F)c2)(C(N)=O)CC1. The van der Waals surface area contributed by atoms with Crippen LogP contribution >= 0.6 is 0 Å². The molecule has 0 bridgehead atoms. The standard InChI is InChI=1S/C30H34F6N4O7S/c1-17-13-20(26(43)39-9-5-21(41)6-10-39)14-18(2)22(17)16-29(32,33)48(45,46)40-11-7-28(8-12-40,27(37)44)38-25(42)19-3-4-23(31)24(15-19)47-30(34,35)36/h3-4,13-15,21,41H,5-12,16H2,1-2H3,(H2,37,44)(H,38,42). The summed E-state index contributed by atoms with van der Waals surface area (Å²) in [5, 5.41) is 7.60. The molecular formula is C30H34F6N4O7S. The van der Waals surface area contributed by atoms with Crippen LogP contribution in [-0.2, 0) is 21.2 Å². The van der Waals surface area contributed by atoms with Gasteiger partial charge in [0, 0.05) is 37.3 Å². The summed E-state index contributed by atoms with van der Waals surface area (Å²) < 4.78 is 113. The van der Waals surface area contributed by atoms with Crippen LogP contribution in [-0.4, -0.2) is 89.9 Å². The predicted molar refractivity (Wildman–Crippen MR) is 158 cm³/mol. The van der Waals surface area contributed by atoms with Gasteiger partial charge in [0.1, 0.15) is 5.54 Å². The number of carbonyl (C=O) groups excluding carboxylic acids is 3. The average molecular weight is 709 g/mol. The maximum Gasteiger partial charge on any atom is 0.573 e. The number of likely N-dealkylation sites (tertiary alicyclic amines) is 1.